The molecule has 0 bridgehead atoms. The minimum absolute atomic E-state index is 0.119. The van der Waals surface area contributed by atoms with Gasteiger partial charge in [-0.15, -0.1) is 5.10 Å². The Hall–Kier alpha value is -2.29. The second-order valence-corrected chi connectivity index (χ2v) is 9.46. The zero-order valence-electron chi connectivity index (χ0n) is 16.8. The van der Waals surface area contributed by atoms with Crippen LogP contribution in [0.15, 0.2) is 29.1 Å². The first-order valence-corrected chi connectivity index (χ1v) is 11.3. The predicted molar refractivity (Wildman–Crippen MR) is 113 cm³/mol. The van der Waals surface area contributed by atoms with E-state index in [1.54, 1.807) is 17.1 Å². The van der Waals surface area contributed by atoms with Crippen LogP contribution < -0.4 is 5.32 Å². The smallest absolute Gasteiger partial charge is 0.309 e. The van der Waals surface area contributed by atoms with Crippen LogP contribution in [0.3, 0.4) is 0 Å². The summed E-state index contributed by atoms with van der Waals surface area (Å²) >= 11 is 3.41. The van der Waals surface area contributed by atoms with Crippen LogP contribution in [0.25, 0.3) is 5.69 Å². The topological polar surface area (TPSA) is 110 Å². The number of nitrogens with zero attached hydrogens (tertiary/aromatic N) is 4. The van der Waals surface area contributed by atoms with E-state index in [-0.39, 0.29) is 18.4 Å². The van der Waals surface area contributed by atoms with Crippen molar-refractivity contribution in [3.8, 4) is 5.69 Å². The van der Waals surface area contributed by atoms with Crippen LogP contribution >= 0.6 is 15.9 Å². The lowest BCUT2D eigenvalue weighted by Crippen LogP contribution is -2.33. The Morgan fingerprint density at radius 3 is 2.73 bits per heavy atom. The van der Waals surface area contributed by atoms with Crippen LogP contribution in [0.2, 0.25) is 0 Å². The van der Waals surface area contributed by atoms with Gasteiger partial charge in [0.2, 0.25) is 5.91 Å². The van der Waals surface area contributed by atoms with Crippen LogP contribution in [0, 0.1) is 11.3 Å². The fourth-order valence-corrected chi connectivity index (χ4v) is 4.62. The van der Waals surface area contributed by atoms with Gasteiger partial charge in [0.15, 0.2) is 0 Å². The molecule has 2 aliphatic carbocycles. The molecule has 0 saturated heterocycles. The van der Waals surface area contributed by atoms with Crippen molar-refractivity contribution in [1.29, 1.82) is 0 Å². The highest BCUT2D eigenvalue weighted by molar-refractivity contribution is 9.10. The van der Waals surface area contributed by atoms with E-state index in [0.717, 1.165) is 42.3 Å². The third-order valence-corrected chi connectivity index (χ3v) is 6.70. The van der Waals surface area contributed by atoms with Gasteiger partial charge in [-0.3, -0.25) is 14.6 Å². The number of aromatic nitrogens is 4. The molecule has 2 aromatic rings. The highest BCUT2D eigenvalue weighted by Crippen LogP contribution is 2.42. The van der Waals surface area contributed by atoms with Crippen LogP contribution in [0.1, 0.15) is 69.5 Å². The van der Waals surface area contributed by atoms with Crippen molar-refractivity contribution >= 4 is 27.8 Å². The second kappa shape index (κ2) is 8.83. The minimum Gasteiger partial charge on any atom is -0.481 e. The van der Waals surface area contributed by atoms with Gasteiger partial charge in [0.1, 0.15) is 5.69 Å². The molecule has 0 aliphatic heterocycles. The normalized spacial score (nSPS) is 18.8. The molecule has 0 aromatic carbocycles. The highest BCUT2D eigenvalue weighted by Gasteiger charge is 2.41. The van der Waals surface area contributed by atoms with Gasteiger partial charge in [-0.05, 0) is 53.6 Å². The molecule has 1 unspecified atom stereocenters. The van der Waals surface area contributed by atoms with Gasteiger partial charge in [0.25, 0.3) is 0 Å². The van der Waals surface area contributed by atoms with Crippen molar-refractivity contribution in [2.24, 2.45) is 11.3 Å². The van der Waals surface area contributed by atoms with E-state index >= 15 is 0 Å². The SMILES string of the molecule is O=C(CCC1(C(=O)O)CCCC1)NC(CC1CC1)c1cn(-c2cncc(Br)c2)nn1. The summed E-state index contributed by atoms with van der Waals surface area (Å²) in [6, 6.07) is 1.68. The summed E-state index contributed by atoms with van der Waals surface area (Å²) in [4.78, 5) is 28.6. The Morgan fingerprint density at radius 1 is 1.30 bits per heavy atom. The number of rotatable bonds is 9. The Morgan fingerprint density at radius 2 is 2.07 bits per heavy atom. The fourth-order valence-electron chi connectivity index (χ4n) is 4.27. The highest BCUT2D eigenvalue weighted by atomic mass is 79.9. The Bertz CT molecular complexity index is 921. The number of hydrogen-bond acceptors (Lipinski definition) is 5. The first-order valence-electron chi connectivity index (χ1n) is 10.5. The fraction of sp³-hybridized carbons (Fsp3) is 0.571. The van der Waals surface area contributed by atoms with Gasteiger partial charge in [-0.2, -0.15) is 0 Å². The van der Waals surface area contributed by atoms with Gasteiger partial charge < -0.3 is 10.4 Å². The maximum absolute atomic E-state index is 12.7. The Balaban J connectivity index is 1.43. The number of hydrogen-bond donors (Lipinski definition) is 2. The zero-order chi connectivity index (χ0) is 21.1. The van der Waals surface area contributed by atoms with Gasteiger partial charge in [-0.25, -0.2) is 4.68 Å². The summed E-state index contributed by atoms with van der Waals surface area (Å²) in [6.45, 7) is 0. The number of pyridine rings is 1. The van der Waals surface area contributed by atoms with E-state index in [4.69, 9.17) is 0 Å². The number of halogens is 1. The summed E-state index contributed by atoms with van der Waals surface area (Å²) in [5.74, 6) is -0.298. The van der Waals surface area contributed by atoms with Crippen LogP contribution in [-0.2, 0) is 9.59 Å². The molecular formula is C21H26BrN5O3. The van der Waals surface area contributed by atoms with Gasteiger partial charge in [0.05, 0.1) is 29.5 Å². The zero-order valence-corrected chi connectivity index (χ0v) is 18.3. The number of aliphatic carboxylic acids is 1. The van der Waals surface area contributed by atoms with Crippen molar-refractivity contribution in [3.63, 3.8) is 0 Å². The molecule has 2 saturated carbocycles. The summed E-state index contributed by atoms with van der Waals surface area (Å²) in [5, 5.41) is 21.2. The summed E-state index contributed by atoms with van der Waals surface area (Å²) in [6.07, 6.45) is 12.2. The molecule has 2 aromatic heterocycles. The van der Waals surface area contributed by atoms with E-state index in [1.165, 1.54) is 0 Å². The molecule has 8 nitrogen and oxygen atoms in total. The number of amides is 1. The maximum Gasteiger partial charge on any atom is 0.309 e. The summed E-state index contributed by atoms with van der Waals surface area (Å²) < 4.78 is 2.50. The molecule has 0 spiro atoms. The predicted octanol–water partition coefficient (Wildman–Crippen LogP) is 3.81. The molecule has 1 atom stereocenters. The van der Waals surface area contributed by atoms with Crippen LogP contribution in [0.4, 0.5) is 0 Å². The maximum atomic E-state index is 12.7. The Labute approximate surface area is 183 Å². The van der Waals surface area contributed by atoms with Gasteiger partial charge >= 0.3 is 5.97 Å². The van der Waals surface area contributed by atoms with E-state index in [0.29, 0.717) is 30.9 Å². The molecule has 160 valence electrons. The lowest BCUT2D eigenvalue weighted by molar-refractivity contribution is -0.149. The molecule has 9 heteroatoms. The quantitative estimate of drug-likeness (QED) is 0.570. The molecule has 4 rings (SSSR count). The van der Waals surface area contributed by atoms with Crippen LogP contribution in [0.5, 0.6) is 0 Å². The molecule has 2 fully saturated rings. The number of carbonyl (C=O) groups is 2. The monoisotopic (exact) mass is 475 g/mol. The molecule has 0 radical (unpaired) electrons. The largest absolute Gasteiger partial charge is 0.481 e. The molecule has 30 heavy (non-hydrogen) atoms. The lowest BCUT2D eigenvalue weighted by atomic mass is 9.81. The van der Waals surface area contributed by atoms with Crippen molar-refractivity contribution in [2.45, 2.75) is 63.8 Å². The van der Waals surface area contributed by atoms with Crippen molar-refractivity contribution < 1.29 is 14.7 Å². The molecule has 1 amide bonds. The Kier molecular flexibility index (Phi) is 6.17. The van der Waals surface area contributed by atoms with Crippen LogP contribution in [-0.4, -0.2) is 37.0 Å². The third-order valence-electron chi connectivity index (χ3n) is 6.27. The van der Waals surface area contributed by atoms with Crippen molar-refractivity contribution in [2.75, 3.05) is 0 Å². The number of carboxylic acids is 1. The number of nitrogens with one attached hydrogen (secondary N) is 1. The minimum atomic E-state index is -0.770. The molecule has 2 aliphatic rings. The third kappa shape index (κ3) is 4.88. The van der Waals surface area contributed by atoms with Crippen molar-refractivity contribution in [3.05, 3.63) is 34.8 Å². The molecule has 2 N–H and O–H groups in total. The number of carboxylic acid groups (broad SMARTS) is 1. The average Bonchev–Trinajstić information content (AvgIpc) is 3.20. The lowest BCUT2D eigenvalue weighted by Gasteiger charge is -2.24. The molecule has 2 heterocycles. The number of carbonyl (C=O) groups excluding carboxylic acids is 1. The van der Waals surface area contributed by atoms with Crippen molar-refractivity contribution in [1.82, 2.24) is 25.3 Å². The second-order valence-electron chi connectivity index (χ2n) is 8.54. The molecular weight excluding hydrogens is 450 g/mol. The van der Waals surface area contributed by atoms with Gasteiger partial charge in [-0.1, -0.05) is 30.9 Å². The first-order chi connectivity index (χ1) is 14.4. The standard InChI is InChI=1S/C21H26BrN5O3/c22-15-10-16(12-23-11-15)27-13-18(25-26-27)17(9-14-3-4-14)24-19(28)5-8-21(20(29)30)6-1-2-7-21/h10-14,17H,1-9H2,(H,24,28)(H,29,30). The van der Waals surface area contributed by atoms with E-state index in [9.17, 15) is 14.7 Å². The summed E-state index contributed by atoms with van der Waals surface area (Å²) in [5.41, 5.74) is 0.758. The van der Waals surface area contributed by atoms with E-state index in [2.05, 4.69) is 36.5 Å². The first kappa shape index (κ1) is 21.0. The summed E-state index contributed by atoms with van der Waals surface area (Å²) in [7, 11) is 0. The average molecular weight is 476 g/mol. The van der Waals surface area contributed by atoms with E-state index in [1.807, 2.05) is 12.3 Å². The van der Waals surface area contributed by atoms with E-state index < -0.39 is 11.4 Å². The van der Waals surface area contributed by atoms with Gasteiger partial charge in [0, 0.05) is 17.1 Å².